The summed E-state index contributed by atoms with van der Waals surface area (Å²) in [5.74, 6) is 1.31. The first-order valence-electron chi connectivity index (χ1n) is 8.46. The Labute approximate surface area is 139 Å². The van der Waals surface area contributed by atoms with Crippen molar-refractivity contribution in [2.24, 2.45) is 0 Å². The molecule has 0 N–H and O–H groups in total. The zero-order valence-electron chi connectivity index (χ0n) is 13.8. The van der Waals surface area contributed by atoms with Crippen LogP contribution in [-0.2, 0) is 11.3 Å². The van der Waals surface area contributed by atoms with Crippen molar-refractivity contribution >= 4 is 5.57 Å². The maximum Gasteiger partial charge on any atom is 0.113 e. The summed E-state index contributed by atoms with van der Waals surface area (Å²) in [6.07, 6.45) is 5.37. The normalized spacial score (nSPS) is 14.8. The van der Waals surface area contributed by atoms with Gasteiger partial charge in [0.25, 0.3) is 0 Å². The summed E-state index contributed by atoms with van der Waals surface area (Å²) >= 11 is 0. The Morgan fingerprint density at radius 2 is 1.83 bits per heavy atom. The molecule has 1 aliphatic rings. The standard InChI is InChI=1S/C22H24O/c1-3-5-15-21-22(19(4-2)17-11-7-6-8-12-17)20-14-10-9-13-18(20)16-23-21/h4,6-14,19H,2-3,5,15-16H2,1H3. The summed E-state index contributed by atoms with van der Waals surface area (Å²) in [4.78, 5) is 0. The number of benzene rings is 2. The molecule has 0 radical (unpaired) electrons. The van der Waals surface area contributed by atoms with Gasteiger partial charge in [-0.3, -0.25) is 0 Å². The van der Waals surface area contributed by atoms with Gasteiger partial charge in [0.05, 0.1) is 0 Å². The zero-order chi connectivity index (χ0) is 16.1. The third kappa shape index (κ3) is 3.24. The lowest BCUT2D eigenvalue weighted by atomic mass is 9.82. The van der Waals surface area contributed by atoms with Crippen molar-refractivity contribution in [1.82, 2.24) is 0 Å². The van der Waals surface area contributed by atoms with E-state index in [-0.39, 0.29) is 5.92 Å². The van der Waals surface area contributed by atoms with Crippen molar-refractivity contribution in [2.45, 2.75) is 38.7 Å². The van der Waals surface area contributed by atoms with Gasteiger partial charge in [0, 0.05) is 17.9 Å². The fourth-order valence-corrected chi connectivity index (χ4v) is 3.27. The molecule has 1 unspecified atom stereocenters. The van der Waals surface area contributed by atoms with E-state index in [9.17, 15) is 0 Å². The second-order valence-electron chi connectivity index (χ2n) is 6.01. The maximum absolute atomic E-state index is 6.16. The molecule has 0 spiro atoms. The molecule has 1 aliphatic heterocycles. The molecule has 1 heteroatoms. The molecule has 0 aliphatic carbocycles. The quantitative estimate of drug-likeness (QED) is 0.587. The molecule has 1 nitrogen and oxygen atoms in total. The molecular formula is C22H24O. The van der Waals surface area contributed by atoms with Gasteiger partial charge < -0.3 is 4.74 Å². The first kappa shape index (κ1) is 15.6. The molecule has 23 heavy (non-hydrogen) atoms. The highest BCUT2D eigenvalue weighted by Gasteiger charge is 2.25. The second kappa shape index (κ2) is 7.32. The first-order valence-corrected chi connectivity index (χ1v) is 8.46. The van der Waals surface area contributed by atoms with Crippen LogP contribution in [0.4, 0.5) is 0 Å². The lowest BCUT2D eigenvalue weighted by molar-refractivity contribution is 0.183. The van der Waals surface area contributed by atoms with Crippen molar-refractivity contribution in [3.63, 3.8) is 0 Å². The minimum Gasteiger partial charge on any atom is -0.493 e. The van der Waals surface area contributed by atoms with Crippen LogP contribution in [-0.4, -0.2) is 0 Å². The smallest absolute Gasteiger partial charge is 0.113 e. The zero-order valence-corrected chi connectivity index (χ0v) is 13.8. The van der Waals surface area contributed by atoms with E-state index in [1.807, 2.05) is 6.08 Å². The highest BCUT2D eigenvalue weighted by molar-refractivity contribution is 5.77. The molecule has 0 aromatic heterocycles. The molecule has 1 atom stereocenters. The Bertz CT molecular complexity index is 697. The van der Waals surface area contributed by atoms with Gasteiger partial charge in [0.1, 0.15) is 12.4 Å². The second-order valence-corrected chi connectivity index (χ2v) is 6.01. The van der Waals surface area contributed by atoms with Crippen molar-refractivity contribution in [2.75, 3.05) is 0 Å². The summed E-state index contributed by atoms with van der Waals surface area (Å²) < 4.78 is 6.16. The van der Waals surface area contributed by atoms with Gasteiger partial charge in [-0.1, -0.05) is 74.0 Å². The molecule has 118 valence electrons. The highest BCUT2D eigenvalue weighted by atomic mass is 16.5. The van der Waals surface area contributed by atoms with Gasteiger partial charge in [-0.25, -0.2) is 0 Å². The predicted molar refractivity (Wildman–Crippen MR) is 97.1 cm³/mol. The van der Waals surface area contributed by atoms with Crippen LogP contribution < -0.4 is 0 Å². The van der Waals surface area contributed by atoms with Crippen molar-refractivity contribution < 1.29 is 4.74 Å². The number of hydrogen-bond acceptors (Lipinski definition) is 1. The summed E-state index contributed by atoms with van der Waals surface area (Å²) in [5, 5.41) is 0. The van der Waals surface area contributed by atoms with Gasteiger partial charge >= 0.3 is 0 Å². The molecule has 2 aromatic carbocycles. The third-order valence-electron chi connectivity index (χ3n) is 4.47. The summed E-state index contributed by atoms with van der Waals surface area (Å²) in [5.41, 5.74) is 5.15. The van der Waals surface area contributed by atoms with Gasteiger partial charge in [-0.05, 0) is 23.1 Å². The average molecular weight is 304 g/mol. The van der Waals surface area contributed by atoms with E-state index in [1.165, 1.54) is 28.7 Å². The van der Waals surface area contributed by atoms with E-state index in [4.69, 9.17) is 4.74 Å². The number of unbranched alkanes of at least 4 members (excludes halogenated alkanes) is 1. The minimum atomic E-state index is 0.171. The fourth-order valence-electron chi connectivity index (χ4n) is 3.27. The average Bonchev–Trinajstić information content (AvgIpc) is 2.62. The van der Waals surface area contributed by atoms with E-state index in [1.54, 1.807) is 0 Å². The van der Waals surface area contributed by atoms with Crippen LogP contribution in [0.3, 0.4) is 0 Å². The Balaban J connectivity index is 2.11. The van der Waals surface area contributed by atoms with Gasteiger partial charge in [-0.15, -0.1) is 6.58 Å². The van der Waals surface area contributed by atoms with Crippen LogP contribution in [0.5, 0.6) is 0 Å². The summed E-state index contributed by atoms with van der Waals surface area (Å²) in [6, 6.07) is 19.2. The van der Waals surface area contributed by atoms with E-state index in [0.29, 0.717) is 6.61 Å². The monoisotopic (exact) mass is 304 g/mol. The topological polar surface area (TPSA) is 9.23 Å². The predicted octanol–water partition coefficient (Wildman–Crippen LogP) is 6.09. The van der Waals surface area contributed by atoms with Crippen LogP contribution in [0.15, 0.2) is 73.0 Å². The molecule has 0 saturated carbocycles. The Morgan fingerprint density at radius 3 is 2.57 bits per heavy atom. The highest BCUT2D eigenvalue weighted by Crippen LogP contribution is 2.41. The third-order valence-corrected chi connectivity index (χ3v) is 4.47. The molecular weight excluding hydrogens is 280 g/mol. The molecule has 0 amide bonds. The van der Waals surface area contributed by atoms with Gasteiger partial charge in [0.15, 0.2) is 0 Å². The first-order chi connectivity index (χ1) is 11.3. The SMILES string of the molecule is C=CC(C1=C(CCCC)OCc2ccccc21)c1ccccc1. The van der Waals surface area contributed by atoms with Crippen LogP contribution in [0.25, 0.3) is 5.57 Å². The molecule has 0 fully saturated rings. The van der Waals surface area contributed by atoms with Crippen molar-refractivity contribution in [1.29, 1.82) is 0 Å². The molecule has 0 bridgehead atoms. The lowest BCUT2D eigenvalue weighted by Gasteiger charge is -2.28. The van der Waals surface area contributed by atoms with E-state index >= 15 is 0 Å². The van der Waals surface area contributed by atoms with Crippen LogP contribution in [0.1, 0.15) is 48.8 Å². The summed E-state index contributed by atoms with van der Waals surface area (Å²) in [6.45, 7) is 7.01. The largest absolute Gasteiger partial charge is 0.493 e. The maximum atomic E-state index is 6.16. The van der Waals surface area contributed by atoms with Crippen LogP contribution >= 0.6 is 0 Å². The van der Waals surface area contributed by atoms with Crippen molar-refractivity contribution in [3.8, 4) is 0 Å². The van der Waals surface area contributed by atoms with E-state index in [2.05, 4.69) is 68.1 Å². The Hall–Kier alpha value is -2.28. The van der Waals surface area contributed by atoms with E-state index < -0.39 is 0 Å². The number of allylic oxidation sites excluding steroid dienone is 3. The molecule has 0 saturated heterocycles. The molecule has 1 heterocycles. The molecule has 2 aromatic rings. The minimum absolute atomic E-state index is 0.171. The lowest BCUT2D eigenvalue weighted by Crippen LogP contribution is -2.12. The van der Waals surface area contributed by atoms with Crippen molar-refractivity contribution in [3.05, 3.63) is 89.7 Å². The summed E-state index contributed by atoms with van der Waals surface area (Å²) in [7, 11) is 0. The fraction of sp³-hybridized carbons (Fsp3) is 0.273. The molecule has 3 rings (SSSR count). The van der Waals surface area contributed by atoms with Gasteiger partial charge in [-0.2, -0.15) is 0 Å². The van der Waals surface area contributed by atoms with Crippen LogP contribution in [0.2, 0.25) is 0 Å². The van der Waals surface area contributed by atoms with Crippen LogP contribution in [0, 0.1) is 0 Å². The number of hydrogen-bond donors (Lipinski definition) is 0. The number of ether oxygens (including phenoxy) is 1. The van der Waals surface area contributed by atoms with E-state index in [0.717, 1.165) is 18.6 Å². The Morgan fingerprint density at radius 1 is 1.09 bits per heavy atom. The van der Waals surface area contributed by atoms with Gasteiger partial charge in [0.2, 0.25) is 0 Å². The number of rotatable bonds is 6. The Kier molecular flexibility index (Phi) is 4.97. The number of fused-ring (bicyclic) bond motifs is 1.